The van der Waals surface area contributed by atoms with E-state index < -0.39 is 21.3 Å². The van der Waals surface area contributed by atoms with Gasteiger partial charge in [-0.25, -0.2) is 0 Å². The molecule has 0 saturated carbocycles. The number of pyridine rings is 1. The topological polar surface area (TPSA) is 12.9 Å². The predicted octanol–water partition coefficient (Wildman–Crippen LogP) is 3.08. The van der Waals surface area contributed by atoms with E-state index in [2.05, 4.69) is 60.4 Å². The number of halogens is 1. The molecule has 0 unspecified atom stereocenters. The molecule has 1 aliphatic heterocycles. The van der Waals surface area contributed by atoms with Gasteiger partial charge < -0.3 is 0 Å². The summed E-state index contributed by atoms with van der Waals surface area (Å²) >= 11 is 4.13. The number of hydrogen-bond acceptors (Lipinski definition) is 1. The average molecular weight is 362 g/mol. The molecule has 0 aliphatic carbocycles. The molecular formula is C16H20ClGeNSi. The molecule has 1 aromatic carbocycles. The molecule has 0 N–H and O–H groups in total. The molecule has 1 nitrogen and oxygen atoms in total. The van der Waals surface area contributed by atoms with E-state index in [1.165, 1.54) is 15.5 Å². The molecule has 0 bridgehead atoms. The third kappa shape index (κ3) is 2.00. The summed E-state index contributed by atoms with van der Waals surface area (Å²) in [5.41, 5.74) is 2.73. The van der Waals surface area contributed by atoms with Gasteiger partial charge in [-0.3, -0.25) is 0 Å². The van der Waals surface area contributed by atoms with Crippen molar-refractivity contribution in [3.05, 3.63) is 35.6 Å². The van der Waals surface area contributed by atoms with Gasteiger partial charge in [0.15, 0.2) is 0 Å². The minimum atomic E-state index is -2.28. The van der Waals surface area contributed by atoms with Gasteiger partial charge in [-0.2, -0.15) is 0 Å². The molecule has 0 saturated heterocycles. The van der Waals surface area contributed by atoms with E-state index in [1.807, 2.05) is 6.20 Å². The first-order valence-corrected chi connectivity index (χ1v) is 17.2. The molecule has 0 fully saturated rings. The summed E-state index contributed by atoms with van der Waals surface area (Å²) in [6.45, 7) is 7.22. The monoisotopic (exact) mass is 363 g/mol. The van der Waals surface area contributed by atoms with Crippen LogP contribution in [0.25, 0.3) is 11.1 Å². The second kappa shape index (κ2) is 4.46. The molecule has 3 rings (SSSR count). The molecule has 0 amide bonds. The Kier molecular flexibility index (Phi) is 3.20. The molecule has 4 heteroatoms. The molecule has 2 heterocycles. The van der Waals surface area contributed by atoms with Crippen molar-refractivity contribution in [3.63, 3.8) is 0 Å². The van der Waals surface area contributed by atoms with Crippen LogP contribution in [0, 0.1) is 0 Å². The van der Waals surface area contributed by atoms with Crippen LogP contribution in [0.2, 0.25) is 36.3 Å². The summed E-state index contributed by atoms with van der Waals surface area (Å²) < 4.78 is 2.94. The van der Waals surface area contributed by atoms with Crippen LogP contribution in [0.5, 0.6) is 0 Å². The van der Waals surface area contributed by atoms with Crippen LogP contribution in [0.4, 0.5) is 0 Å². The van der Waals surface area contributed by atoms with Crippen LogP contribution in [0.15, 0.2) is 30.5 Å². The van der Waals surface area contributed by atoms with Gasteiger partial charge in [0, 0.05) is 0 Å². The van der Waals surface area contributed by atoms with Crippen LogP contribution in [0.3, 0.4) is 0 Å². The van der Waals surface area contributed by atoms with E-state index in [9.17, 15) is 0 Å². The molecule has 0 atom stereocenters. The van der Waals surface area contributed by atoms with Crippen molar-refractivity contribution in [2.45, 2.75) is 31.2 Å². The zero-order valence-electron chi connectivity index (χ0n) is 12.7. The molecule has 1 aliphatic rings. The Morgan fingerprint density at radius 3 is 2.40 bits per heavy atom. The fourth-order valence-electron chi connectivity index (χ4n) is 3.15. The van der Waals surface area contributed by atoms with E-state index in [1.54, 1.807) is 9.58 Å². The molecule has 0 spiro atoms. The van der Waals surface area contributed by atoms with Crippen LogP contribution in [-0.4, -0.2) is 26.3 Å². The molecule has 0 radical (unpaired) electrons. The number of hydrogen-bond donors (Lipinski definition) is 0. The van der Waals surface area contributed by atoms with Crippen LogP contribution in [-0.2, 0) is 0 Å². The zero-order chi connectivity index (χ0) is 14.7. The molecule has 1 aromatic heterocycles. The minimum absolute atomic E-state index is 0.721. The Balaban J connectivity index is 2.30. The number of rotatable bonds is 1. The third-order valence-electron chi connectivity index (χ3n) is 4.38. The SMILES string of the molecule is C[Si](C)(C)c1ccc2[c](c1)[Ge]([CH3])([CH3])[c]1c-2ccnc1Cl. The summed E-state index contributed by atoms with van der Waals surface area (Å²) in [4.78, 5) is 4.32. The Morgan fingerprint density at radius 1 is 1.05 bits per heavy atom. The quantitative estimate of drug-likeness (QED) is 0.561. The van der Waals surface area contributed by atoms with Gasteiger partial charge >= 0.3 is 130 Å². The average Bonchev–Trinajstić information content (AvgIpc) is 2.58. The van der Waals surface area contributed by atoms with E-state index in [0.717, 1.165) is 5.15 Å². The number of nitrogens with zero attached hydrogens (tertiary/aromatic N) is 1. The van der Waals surface area contributed by atoms with Gasteiger partial charge in [0.2, 0.25) is 0 Å². The summed E-state index contributed by atoms with van der Waals surface area (Å²) in [7, 11) is -1.27. The Hall–Kier alpha value is -0.580. The molecule has 2 aromatic rings. The van der Waals surface area contributed by atoms with Crippen molar-refractivity contribution in [1.82, 2.24) is 4.98 Å². The van der Waals surface area contributed by atoms with Crippen molar-refractivity contribution in [3.8, 4) is 11.1 Å². The van der Waals surface area contributed by atoms with E-state index in [0.29, 0.717) is 0 Å². The van der Waals surface area contributed by atoms with Gasteiger partial charge in [-0.15, -0.1) is 0 Å². The summed E-state index contributed by atoms with van der Waals surface area (Å²) in [5, 5.41) is 2.27. The maximum absolute atomic E-state index is 6.42. The van der Waals surface area contributed by atoms with E-state index >= 15 is 0 Å². The molecule has 104 valence electrons. The second-order valence-corrected chi connectivity index (χ2v) is 21.6. The Labute approximate surface area is 129 Å². The number of benzene rings is 1. The van der Waals surface area contributed by atoms with Crippen molar-refractivity contribution >= 4 is 46.9 Å². The number of aromatic nitrogens is 1. The van der Waals surface area contributed by atoms with Gasteiger partial charge in [0.1, 0.15) is 0 Å². The fraction of sp³-hybridized carbons (Fsp3) is 0.312. The first-order valence-electron chi connectivity index (χ1n) is 7.03. The fourth-order valence-corrected chi connectivity index (χ4v) is 12.6. The maximum atomic E-state index is 6.42. The summed E-state index contributed by atoms with van der Waals surface area (Å²) in [5.74, 6) is 4.87. The second-order valence-electron chi connectivity index (χ2n) is 7.16. The number of fused-ring (bicyclic) bond motifs is 3. The van der Waals surface area contributed by atoms with Crippen LogP contribution >= 0.6 is 11.6 Å². The van der Waals surface area contributed by atoms with E-state index in [-0.39, 0.29) is 0 Å². The summed E-state index contributed by atoms with van der Waals surface area (Å²) in [6.07, 6.45) is 1.83. The van der Waals surface area contributed by atoms with Gasteiger partial charge in [0.05, 0.1) is 0 Å². The zero-order valence-corrected chi connectivity index (χ0v) is 16.6. The van der Waals surface area contributed by atoms with E-state index in [4.69, 9.17) is 11.6 Å². The summed E-state index contributed by atoms with van der Waals surface area (Å²) in [6, 6.07) is 9.26. The van der Waals surface area contributed by atoms with Crippen LogP contribution < -0.4 is 14.0 Å². The van der Waals surface area contributed by atoms with Gasteiger partial charge in [-0.05, 0) is 0 Å². The first kappa shape index (κ1) is 14.4. The Morgan fingerprint density at radius 2 is 1.75 bits per heavy atom. The van der Waals surface area contributed by atoms with Crippen molar-refractivity contribution in [1.29, 1.82) is 0 Å². The predicted molar refractivity (Wildman–Crippen MR) is 94.4 cm³/mol. The normalized spacial score (nSPS) is 15.9. The Bertz CT molecular complexity index is 704. The first-order chi connectivity index (χ1) is 9.23. The van der Waals surface area contributed by atoms with Crippen molar-refractivity contribution in [2.24, 2.45) is 0 Å². The van der Waals surface area contributed by atoms with Crippen molar-refractivity contribution in [2.75, 3.05) is 0 Å². The third-order valence-corrected chi connectivity index (χ3v) is 14.4. The molecular weight excluding hydrogens is 342 g/mol. The van der Waals surface area contributed by atoms with Gasteiger partial charge in [-0.1, -0.05) is 0 Å². The standard InChI is InChI=1S/C16H20ClGeNSi/c1-18(2)14-10-11(20(3,4)5)6-7-12(14)13-8-9-19-16(17)15(13)18/h6-10H,1-5H3. The van der Waals surface area contributed by atoms with Gasteiger partial charge in [0.25, 0.3) is 0 Å². The van der Waals surface area contributed by atoms with Crippen LogP contribution in [0.1, 0.15) is 0 Å². The molecule has 20 heavy (non-hydrogen) atoms. The van der Waals surface area contributed by atoms with Crippen molar-refractivity contribution < 1.29 is 0 Å².